The van der Waals surface area contributed by atoms with Crippen LogP contribution < -0.4 is 36.0 Å². The lowest BCUT2D eigenvalue weighted by Gasteiger charge is -2.45. The van der Waals surface area contributed by atoms with Gasteiger partial charge in [-0.05, 0) is 218 Å². The van der Waals surface area contributed by atoms with E-state index in [2.05, 4.69) is 393 Å². The fourth-order valence-electron chi connectivity index (χ4n) is 18.0. The van der Waals surface area contributed by atoms with Gasteiger partial charge in [0.25, 0.3) is 6.71 Å². The van der Waals surface area contributed by atoms with Crippen LogP contribution in [-0.4, -0.2) is 11.3 Å². The van der Waals surface area contributed by atoms with Crippen LogP contribution in [0.3, 0.4) is 0 Å². The van der Waals surface area contributed by atoms with E-state index in [1.54, 1.807) is 0 Å². The van der Waals surface area contributed by atoms with E-state index in [1.165, 1.54) is 80.0 Å². The Morgan fingerprint density at radius 1 is 0.303 bits per heavy atom. The Balaban J connectivity index is 0.881. The summed E-state index contributed by atoms with van der Waals surface area (Å²) in [5, 5.41) is 13.9. The number of para-hydroxylation sites is 4. The average molecular weight is 1420 g/mol. The first kappa shape index (κ1) is 63.2. The SMILES string of the molecule is CC(C)(C)c1ccc(N2c3cc(N(c4ccc5ccc6ccccc6c5c4)c4ccc5oc6ccccc6c5c4)ccc3B3c4ccc5c(c4N(c4ccc(C(C)(C)C)cc4)c4cc(N(c6ccc7oc8ccccc8c7c6)c6ccc7sc8ccccc8c7c6)cc2c43)c2ccccc2n5-c2ccccc2)cc1. The molecule has 7 nitrogen and oxygen atoms in total. The second-order valence-corrected chi connectivity index (χ2v) is 32.7. The van der Waals surface area contributed by atoms with Crippen LogP contribution in [0.1, 0.15) is 52.7 Å². The summed E-state index contributed by atoms with van der Waals surface area (Å²) in [4.78, 5) is 10.2. The molecule has 0 fully saturated rings. The number of rotatable bonds is 9. The van der Waals surface area contributed by atoms with Crippen LogP contribution in [0.15, 0.2) is 336 Å². The molecule has 0 atom stereocenters. The van der Waals surface area contributed by atoms with Crippen LogP contribution in [0.25, 0.3) is 113 Å². The van der Waals surface area contributed by atoms with Gasteiger partial charge in [0.1, 0.15) is 22.3 Å². The van der Waals surface area contributed by atoms with E-state index in [0.29, 0.717) is 0 Å². The number of aromatic nitrogens is 1. The highest BCUT2D eigenvalue weighted by Crippen LogP contribution is 2.54. The van der Waals surface area contributed by atoms with Gasteiger partial charge in [-0.3, -0.25) is 0 Å². The molecule has 0 bridgehead atoms. The van der Waals surface area contributed by atoms with Gasteiger partial charge in [0.15, 0.2) is 0 Å². The Kier molecular flexibility index (Phi) is 13.8. The predicted octanol–water partition coefficient (Wildman–Crippen LogP) is 26.9. The van der Waals surface area contributed by atoms with Crippen LogP contribution >= 0.6 is 11.3 Å². The second-order valence-electron chi connectivity index (χ2n) is 31.6. The van der Waals surface area contributed by atoms with Gasteiger partial charge in [-0.2, -0.15) is 0 Å². The monoisotopic (exact) mass is 1420 g/mol. The molecule has 0 radical (unpaired) electrons. The fourth-order valence-corrected chi connectivity index (χ4v) is 19.1. The van der Waals surface area contributed by atoms with Crippen LogP contribution in [-0.2, 0) is 10.8 Å². The topological polar surface area (TPSA) is 44.2 Å². The highest BCUT2D eigenvalue weighted by molar-refractivity contribution is 7.25. The fraction of sp³-hybridized carbons (Fsp3) is 0.0800. The van der Waals surface area contributed by atoms with E-state index in [4.69, 9.17) is 8.83 Å². The number of hydrogen-bond donors (Lipinski definition) is 0. The first-order valence-electron chi connectivity index (χ1n) is 37.8. The number of fused-ring (bicyclic) bond motifs is 20. The summed E-state index contributed by atoms with van der Waals surface area (Å²) in [7, 11) is 0. The third-order valence-electron chi connectivity index (χ3n) is 23.2. The second kappa shape index (κ2) is 23.7. The Morgan fingerprint density at radius 2 is 0.761 bits per heavy atom. The summed E-state index contributed by atoms with van der Waals surface area (Å²) in [6.07, 6.45) is 0. The van der Waals surface area contributed by atoms with Gasteiger partial charge in [0.2, 0.25) is 0 Å². The molecule has 109 heavy (non-hydrogen) atoms. The Morgan fingerprint density at radius 3 is 1.42 bits per heavy atom. The zero-order valence-corrected chi connectivity index (χ0v) is 62.0. The number of anilines is 12. The molecule has 0 unspecified atom stereocenters. The van der Waals surface area contributed by atoms with E-state index >= 15 is 0 Å². The molecular weight excluding hydrogens is 1350 g/mol. The maximum absolute atomic E-state index is 6.68. The molecule has 22 rings (SSSR count). The standard InChI is InChI=1S/C100H72BN5O2S/c1-99(2,3)63-35-40-66(41-36-63)105-87-58-72(102(69-45-51-92-80(55-69)75-24-13-17-29-90(75)107-92)68-39-34-62-33-32-61-20-10-11-23-74(61)79(62)54-68)44-48-83(87)101-84-49-50-86-96(78-27-12-16-28-85(78)104(86)65-21-8-7-9-22-65)98(84)106(67-42-37-64(38-43-67)100(4,5)6)89-60-73(59-88(105)97(89)101)103(70-46-52-93-81(56-70)76-25-14-18-30-91(76)108-93)71-47-53-95-82(57-71)77-26-15-19-31-94(77)109-95/h7-60H,1-6H3. The summed E-state index contributed by atoms with van der Waals surface area (Å²) in [6.45, 7) is 13.6. The molecule has 0 saturated carbocycles. The molecule has 4 aromatic heterocycles. The highest BCUT2D eigenvalue weighted by atomic mass is 32.1. The molecular formula is C100H72BN5O2S. The molecule has 0 N–H and O–H groups in total. The van der Waals surface area contributed by atoms with Gasteiger partial charge < -0.3 is 33.0 Å². The molecule has 518 valence electrons. The largest absolute Gasteiger partial charge is 0.456 e. The lowest BCUT2D eigenvalue weighted by Crippen LogP contribution is -2.61. The van der Waals surface area contributed by atoms with Gasteiger partial charge in [0, 0.05) is 115 Å². The Bertz CT molecular complexity index is 7060. The lowest BCUT2D eigenvalue weighted by atomic mass is 9.33. The summed E-state index contributed by atoms with van der Waals surface area (Å²) >= 11 is 1.85. The number of thiophene rings is 1. The maximum atomic E-state index is 6.68. The van der Waals surface area contributed by atoms with Crippen molar-refractivity contribution in [2.75, 3.05) is 19.6 Å². The van der Waals surface area contributed by atoms with Crippen molar-refractivity contribution in [1.29, 1.82) is 0 Å². The molecule has 9 heteroatoms. The normalized spacial score (nSPS) is 13.0. The van der Waals surface area contributed by atoms with Crippen molar-refractivity contribution in [2.45, 2.75) is 52.4 Å². The van der Waals surface area contributed by atoms with Gasteiger partial charge in [-0.25, -0.2) is 0 Å². The van der Waals surface area contributed by atoms with Crippen molar-refractivity contribution in [3.63, 3.8) is 0 Å². The zero-order chi connectivity index (χ0) is 72.7. The number of nitrogens with zero attached hydrogens (tertiary/aromatic N) is 5. The van der Waals surface area contributed by atoms with Crippen LogP contribution in [0, 0.1) is 0 Å². The van der Waals surface area contributed by atoms with Crippen LogP contribution in [0.5, 0.6) is 0 Å². The van der Waals surface area contributed by atoms with Gasteiger partial charge >= 0.3 is 0 Å². The van der Waals surface area contributed by atoms with E-state index in [0.717, 1.165) is 129 Å². The molecule has 0 spiro atoms. The molecule has 0 amide bonds. The summed E-state index contributed by atoms with van der Waals surface area (Å²) in [5.74, 6) is 0. The van der Waals surface area contributed by atoms with Crippen LogP contribution in [0.4, 0.5) is 68.2 Å². The van der Waals surface area contributed by atoms with Gasteiger partial charge in [-0.1, -0.05) is 211 Å². The smallest absolute Gasteiger partial charge is 0.252 e. The minimum Gasteiger partial charge on any atom is -0.456 e. The highest BCUT2D eigenvalue weighted by Gasteiger charge is 2.46. The third kappa shape index (κ3) is 9.82. The number of benzene rings is 16. The van der Waals surface area contributed by atoms with E-state index in [-0.39, 0.29) is 17.5 Å². The summed E-state index contributed by atoms with van der Waals surface area (Å²) < 4.78 is 18.3. The van der Waals surface area contributed by atoms with E-state index in [9.17, 15) is 0 Å². The summed E-state index contributed by atoms with van der Waals surface area (Å²) in [6, 6.07) is 123. The maximum Gasteiger partial charge on any atom is 0.252 e. The summed E-state index contributed by atoms with van der Waals surface area (Å²) in [5.41, 5.74) is 25.4. The van der Waals surface area contributed by atoms with Gasteiger partial charge in [0.05, 0.1) is 22.4 Å². The van der Waals surface area contributed by atoms with Crippen molar-refractivity contribution < 1.29 is 8.83 Å². The van der Waals surface area contributed by atoms with E-state index < -0.39 is 0 Å². The molecule has 0 aliphatic carbocycles. The molecule has 2 aliphatic heterocycles. The number of hydrogen-bond acceptors (Lipinski definition) is 7. The van der Waals surface area contributed by atoms with E-state index in [1.807, 2.05) is 11.3 Å². The quantitative estimate of drug-likeness (QED) is 0.106. The van der Waals surface area contributed by atoms with Gasteiger partial charge in [-0.15, -0.1) is 11.3 Å². The molecule has 20 aromatic rings. The number of furan rings is 2. The Labute approximate surface area is 635 Å². The zero-order valence-electron chi connectivity index (χ0n) is 61.2. The predicted molar refractivity (Wildman–Crippen MR) is 464 cm³/mol. The molecule has 2 aliphatic rings. The first-order valence-corrected chi connectivity index (χ1v) is 38.6. The van der Waals surface area contributed by atoms with Crippen molar-refractivity contribution in [1.82, 2.24) is 4.57 Å². The van der Waals surface area contributed by atoms with Crippen molar-refractivity contribution in [2.24, 2.45) is 0 Å². The molecule has 0 saturated heterocycles. The Hall–Kier alpha value is -13.1. The minimum atomic E-state index is -0.277. The molecule has 6 heterocycles. The third-order valence-corrected chi connectivity index (χ3v) is 24.3. The van der Waals surface area contributed by atoms with Crippen molar-refractivity contribution >= 4 is 210 Å². The van der Waals surface area contributed by atoms with Crippen LogP contribution in [0.2, 0.25) is 0 Å². The van der Waals surface area contributed by atoms with Crippen molar-refractivity contribution in [3.8, 4) is 5.69 Å². The first-order chi connectivity index (χ1) is 53.3. The molecule has 16 aromatic carbocycles. The van der Waals surface area contributed by atoms with Crippen molar-refractivity contribution in [3.05, 3.63) is 339 Å². The average Bonchev–Trinajstić information content (AvgIpc) is 1.65. The minimum absolute atomic E-state index is 0.0973. The lowest BCUT2D eigenvalue weighted by molar-refractivity contribution is 0.590.